The van der Waals surface area contributed by atoms with Gasteiger partial charge in [0.25, 0.3) is 0 Å². The molecule has 1 aliphatic carbocycles. The second-order valence-corrected chi connectivity index (χ2v) is 6.70. The molecular weight excluding hydrogens is 266 g/mol. The lowest BCUT2D eigenvalue weighted by atomic mass is 9.91. The lowest BCUT2D eigenvalue weighted by Gasteiger charge is -2.18. The maximum atomic E-state index is 11.9. The number of aryl methyl sites for hydroxylation is 1. The molecule has 0 spiro atoms. The van der Waals surface area contributed by atoms with Crippen molar-refractivity contribution in [1.29, 1.82) is 0 Å². The highest BCUT2D eigenvalue weighted by atomic mass is 32.1. The van der Waals surface area contributed by atoms with Gasteiger partial charge in [0, 0.05) is 4.88 Å². The molecule has 2 rings (SSSR count). The van der Waals surface area contributed by atoms with Crippen LogP contribution in [0.2, 0.25) is 0 Å². The predicted octanol–water partition coefficient (Wildman–Crippen LogP) is 2.60. The Bertz CT molecular complexity index is 515. The van der Waals surface area contributed by atoms with E-state index in [0.717, 1.165) is 17.7 Å². The molecule has 0 fully saturated rings. The molecule has 1 atom stereocenters. The van der Waals surface area contributed by atoms with Crippen LogP contribution in [0.25, 0.3) is 0 Å². The summed E-state index contributed by atoms with van der Waals surface area (Å²) in [6.07, 6.45) is 2.19. The summed E-state index contributed by atoms with van der Waals surface area (Å²) in [6.45, 7) is 5.37. The molecular formula is C13H17NO4S. The summed E-state index contributed by atoms with van der Waals surface area (Å²) in [5.41, 5.74) is -0.0280. The summed E-state index contributed by atoms with van der Waals surface area (Å²) >= 11 is 1.26. The van der Waals surface area contributed by atoms with Gasteiger partial charge in [-0.1, -0.05) is 0 Å². The molecule has 6 heteroatoms. The number of ether oxygens (including phenoxy) is 1. The van der Waals surface area contributed by atoms with Gasteiger partial charge in [-0.15, -0.1) is 11.3 Å². The number of nitrogens with zero attached hydrogens (tertiary/aromatic N) is 1. The first-order valence-corrected chi connectivity index (χ1v) is 7.05. The highest BCUT2D eigenvalue weighted by Crippen LogP contribution is 2.35. The third kappa shape index (κ3) is 3.12. The van der Waals surface area contributed by atoms with E-state index < -0.39 is 23.5 Å². The zero-order chi connectivity index (χ0) is 14.2. The second kappa shape index (κ2) is 4.92. The summed E-state index contributed by atoms with van der Waals surface area (Å²) < 4.78 is 5.26. The van der Waals surface area contributed by atoms with Gasteiger partial charge in [0.2, 0.25) is 5.01 Å². The number of thiazole rings is 1. The zero-order valence-electron chi connectivity index (χ0n) is 11.2. The van der Waals surface area contributed by atoms with Gasteiger partial charge in [-0.2, -0.15) is 0 Å². The van der Waals surface area contributed by atoms with E-state index in [-0.39, 0.29) is 5.01 Å². The van der Waals surface area contributed by atoms with Crippen LogP contribution in [0.1, 0.15) is 59.9 Å². The van der Waals surface area contributed by atoms with Crippen LogP contribution in [-0.4, -0.2) is 27.6 Å². The van der Waals surface area contributed by atoms with E-state index >= 15 is 0 Å². The molecule has 1 unspecified atom stereocenters. The minimum absolute atomic E-state index is 0.257. The number of aromatic nitrogens is 1. The first-order chi connectivity index (χ1) is 8.78. The largest absolute Gasteiger partial charge is 0.481 e. The maximum Gasteiger partial charge on any atom is 0.367 e. The van der Waals surface area contributed by atoms with Crippen LogP contribution in [0.4, 0.5) is 0 Å². The molecule has 0 aromatic carbocycles. The molecule has 1 N–H and O–H groups in total. The molecule has 5 nitrogen and oxygen atoms in total. The van der Waals surface area contributed by atoms with Crippen LogP contribution in [0.5, 0.6) is 0 Å². The highest BCUT2D eigenvalue weighted by Gasteiger charge is 2.32. The first-order valence-electron chi connectivity index (χ1n) is 6.23. The molecule has 0 saturated heterocycles. The standard InChI is InChI=1S/C13H17NO4S/c1-13(2,3)18-12(17)10-14-9-7(11(15)16)5-4-6-8(9)19-10/h7H,4-6H2,1-3H3,(H,15,16). The number of aliphatic carboxylic acids is 1. The molecule has 104 valence electrons. The van der Waals surface area contributed by atoms with Gasteiger partial charge in [0.05, 0.1) is 5.69 Å². The number of hydrogen-bond donors (Lipinski definition) is 1. The van der Waals surface area contributed by atoms with E-state index in [4.69, 9.17) is 9.84 Å². The Balaban J connectivity index is 2.26. The average molecular weight is 283 g/mol. The molecule has 0 aliphatic heterocycles. The quantitative estimate of drug-likeness (QED) is 0.844. The Morgan fingerprint density at radius 2 is 2.11 bits per heavy atom. The number of carboxylic acids is 1. The van der Waals surface area contributed by atoms with Crippen molar-refractivity contribution in [3.05, 3.63) is 15.6 Å². The van der Waals surface area contributed by atoms with Crippen molar-refractivity contribution in [2.75, 3.05) is 0 Å². The number of carbonyl (C=O) groups excluding carboxylic acids is 1. The fraction of sp³-hybridized carbons (Fsp3) is 0.615. The van der Waals surface area contributed by atoms with Crippen LogP contribution < -0.4 is 0 Å². The highest BCUT2D eigenvalue weighted by molar-refractivity contribution is 7.13. The lowest BCUT2D eigenvalue weighted by molar-refractivity contribution is -0.139. The Kier molecular flexibility index (Phi) is 3.62. The number of hydrogen-bond acceptors (Lipinski definition) is 5. The topological polar surface area (TPSA) is 76.5 Å². The SMILES string of the molecule is CC(C)(C)OC(=O)c1nc2c(s1)CCCC2C(=O)O. The monoisotopic (exact) mass is 283 g/mol. The van der Waals surface area contributed by atoms with Gasteiger partial charge in [-0.05, 0) is 40.0 Å². The molecule has 1 aromatic rings. The van der Waals surface area contributed by atoms with Crippen LogP contribution >= 0.6 is 11.3 Å². The average Bonchev–Trinajstić information content (AvgIpc) is 2.69. The molecule has 0 radical (unpaired) electrons. The zero-order valence-corrected chi connectivity index (χ0v) is 12.0. The van der Waals surface area contributed by atoms with Crippen LogP contribution in [-0.2, 0) is 16.0 Å². The van der Waals surface area contributed by atoms with E-state index in [2.05, 4.69) is 4.98 Å². The summed E-state index contributed by atoms with van der Waals surface area (Å²) in [7, 11) is 0. The fourth-order valence-electron chi connectivity index (χ4n) is 2.07. The molecule has 0 amide bonds. The smallest absolute Gasteiger partial charge is 0.367 e. The fourth-order valence-corrected chi connectivity index (χ4v) is 3.11. The Morgan fingerprint density at radius 3 is 2.68 bits per heavy atom. The van der Waals surface area contributed by atoms with Crippen molar-refractivity contribution in [2.24, 2.45) is 0 Å². The Labute approximate surface area is 115 Å². The molecule has 0 saturated carbocycles. The van der Waals surface area contributed by atoms with Crippen molar-refractivity contribution >= 4 is 23.3 Å². The third-order valence-corrected chi connectivity index (χ3v) is 3.94. The van der Waals surface area contributed by atoms with Crippen LogP contribution in [0.15, 0.2) is 0 Å². The maximum absolute atomic E-state index is 11.9. The number of esters is 1. The normalized spacial score (nSPS) is 18.8. The number of fused-ring (bicyclic) bond motifs is 1. The van der Waals surface area contributed by atoms with Gasteiger partial charge >= 0.3 is 11.9 Å². The summed E-state index contributed by atoms with van der Waals surface area (Å²) in [4.78, 5) is 28.2. The van der Waals surface area contributed by atoms with E-state index in [0.29, 0.717) is 12.1 Å². The van der Waals surface area contributed by atoms with E-state index in [1.54, 1.807) is 20.8 Å². The van der Waals surface area contributed by atoms with Gasteiger partial charge in [0.15, 0.2) is 0 Å². The van der Waals surface area contributed by atoms with Crippen molar-refractivity contribution < 1.29 is 19.4 Å². The van der Waals surface area contributed by atoms with Crippen molar-refractivity contribution in [3.63, 3.8) is 0 Å². The minimum Gasteiger partial charge on any atom is -0.481 e. The molecule has 1 aliphatic rings. The summed E-state index contributed by atoms with van der Waals surface area (Å²) in [5, 5.41) is 9.43. The molecule has 19 heavy (non-hydrogen) atoms. The van der Waals surface area contributed by atoms with Gasteiger partial charge in [-0.25, -0.2) is 9.78 Å². The Hall–Kier alpha value is -1.43. The summed E-state index contributed by atoms with van der Waals surface area (Å²) in [6, 6.07) is 0. The molecule has 1 heterocycles. The van der Waals surface area contributed by atoms with Crippen molar-refractivity contribution in [3.8, 4) is 0 Å². The molecule has 1 aromatic heterocycles. The van der Waals surface area contributed by atoms with Gasteiger partial charge in [0.1, 0.15) is 11.5 Å². The van der Waals surface area contributed by atoms with Crippen molar-refractivity contribution in [1.82, 2.24) is 4.98 Å². The van der Waals surface area contributed by atoms with E-state index in [1.165, 1.54) is 11.3 Å². The number of carbonyl (C=O) groups is 2. The molecule has 0 bridgehead atoms. The second-order valence-electron chi connectivity index (χ2n) is 5.61. The van der Waals surface area contributed by atoms with Gasteiger partial charge in [-0.3, -0.25) is 4.79 Å². The number of rotatable bonds is 2. The van der Waals surface area contributed by atoms with Gasteiger partial charge < -0.3 is 9.84 Å². The first kappa shape index (κ1) is 14.0. The van der Waals surface area contributed by atoms with E-state index in [9.17, 15) is 9.59 Å². The Morgan fingerprint density at radius 1 is 1.42 bits per heavy atom. The van der Waals surface area contributed by atoms with E-state index in [1.807, 2.05) is 0 Å². The summed E-state index contributed by atoms with van der Waals surface area (Å²) in [5.74, 6) is -1.94. The predicted molar refractivity (Wildman–Crippen MR) is 70.6 cm³/mol. The van der Waals surface area contributed by atoms with Crippen molar-refractivity contribution in [2.45, 2.75) is 51.6 Å². The number of carboxylic acid groups (broad SMARTS) is 1. The lowest BCUT2D eigenvalue weighted by Crippen LogP contribution is -2.24. The minimum atomic E-state index is -0.873. The van der Waals surface area contributed by atoms with Crippen LogP contribution in [0, 0.1) is 0 Å². The third-order valence-electron chi connectivity index (χ3n) is 2.83. The van der Waals surface area contributed by atoms with Crippen LogP contribution in [0.3, 0.4) is 0 Å².